The number of ether oxygens (including phenoxy) is 1. The third-order valence-corrected chi connectivity index (χ3v) is 3.14. The van der Waals surface area contributed by atoms with Crippen molar-refractivity contribution >= 4 is 24.8 Å². The van der Waals surface area contributed by atoms with Crippen molar-refractivity contribution in [2.75, 3.05) is 20.2 Å². The van der Waals surface area contributed by atoms with E-state index in [0.29, 0.717) is 0 Å². The average molecular weight is 279 g/mol. The average Bonchev–Trinajstić information content (AvgIpc) is 2.30. The van der Waals surface area contributed by atoms with Crippen LogP contribution < -0.4 is 15.8 Å². The molecule has 98 valence electrons. The van der Waals surface area contributed by atoms with E-state index < -0.39 is 0 Å². The zero-order valence-electron chi connectivity index (χ0n) is 9.94. The molecule has 1 heterocycles. The van der Waals surface area contributed by atoms with Crippen LogP contribution in [0.2, 0.25) is 0 Å². The zero-order chi connectivity index (χ0) is 10.7. The number of nitrogens with one attached hydrogen (secondary N) is 1. The normalized spacial score (nSPS) is 17.5. The molecule has 5 heteroatoms. The predicted octanol–water partition coefficient (Wildman–Crippen LogP) is 2.08. The van der Waals surface area contributed by atoms with Crippen molar-refractivity contribution in [1.29, 1.82) is 0 Å². The van der Waals surface area contributed by atoms with Crippen molar-refractivity contribution < 1.29 is 4.74 Å². The third-order valence-electron chi connectivity index (χ3n) is 3.14. The summed E-state index contributed by atoms with van der Waals surface area (Å²) in [4.78, 5) is 0. The topological polar surface area (TPSA) is 47.3 Å². The van der Waals surface area contributed by atoms with Crippen LogP contribution in [0.1, 0.15) is 18.4 Å². The number of rotatable bonds is 2. The van der Waals surface area contributed by atoms with E-state index in [-0.39, 0.29) is 30.4 Å². The van der Waals surface area contributed by atoms with Crippen LogP contribution in [0.5, 0.6) is 5.75 Å². The Bertz CT molecular complexity index is 341. The maximum Gasteiger partial charge on any atom is 0.119 e. The summed E-state index contributed by atoms with van der Waals surface area (Å²) in [5, 5.41) is 3.33. The molecule has 0 aliphatic carbocycles. The van der Waals surface area contributed by atoms with Crippen molar-refractivity contribution in [3.63, 3.8) is 0 Å². The molecule has 0 bridgehead atoms. The highest BCUT2D eigenvalue weighted by Crippen LogP contribution is 2.29. The second kappa shape index (κ2) is 7.07. The van der Waals surface area contributed by atoms with Gasteiger partial charge in [-0.3, -0.25) is 0 Å². The zero-order valence-corrected chi connectivity index (χ0v) is 11.6. The van der Waals surface area contributed by atoms with E-state index in [1.165, 1.54) is 5.56 Å². The van der Waals surface area contributed by atoms with Crippen LogP contribution in [0.4, 0.5) is 0 Å². The van der Waals surface area contributed by atoms with Crippen LogP contribution in [-0.2, 0) is 5.54 Å². The van der Waals surface area contributed by atoms with Gasteiger partial charge in [0.25, 0.3) is 0 Å². The van der Waals surface area contributed by atoms with E-state index in [0.717, 1.165) is 31.7 Å². The molecule has 1 aromatic rings. The SMILES string of the molecule is COc1cccc(C2(N)CCNCC2)c1.Cl.Cl. The molecule has 0 spiro atoms. The number of hydrogen-bond donors (Lipinski definition) is 2. The Morgan fingerprint density at radius 3 is 2.47 bits per heavy atom. The van der Waals surface area contributed by atoms with Gasteiger partial charge >= 0.3 is 0 Å². The molecule has 0 amide bonds. The summed E-state index contributed by atoms with van der Waals surface area (Å²) in [5.74, 6) is 0.885. The van der Waals surface area contributed by atoms with Crippen LogP contribution in [0.3, 0.4) is 0 Å². The van der Waals surface area contributed by atoms with Gasteiger partial charge in [0.2, 0.25) is 0 Å². The molecule has 0 radical (unpaired) electrons. The Kier molecular flexibility index (Phi) is 6.87. The van der Waals surface area contributed by atoms with Crippen LogP contribution in [0.25, 0.3) is 0 Å². The summed E-state index contributed by atoms with van der Waals surface area (Å²) in [5.41, 5.74) is 7.41. The molecular weight excluding hydrogens is 259 g/mol. The summed E-state index contributed by atoms with van der Waals surface area (Å²) in [6.07, 6.45) is 1.97. The highest BCUT2D eigenvalue weighted by atomic mass is 35.5. The van der Waals surface area contributed by atoms with Gasteiger partial charge < -0.3 is 15.8 Å². The lowest BCUT2D eigenvalue weighted by Crippen LogP contribution is -2.46. The Morgan fingerprint density at radius 2 is 1.88 bits per heavy atom. The molecule has 1 fully saturated rings. The molecule has 1 aromatic carbocycles. The minimum absolute atomic E-state index is 0. The highest BCUT2D eigenvalue weighted by molar-refractivity contribution is 5.85. The van der Waals surface area contributed by atoms with Crippen molar-refractivity contribution in [1.82, 2.24) is 5.32 Å². The van der Waals surface area contributed by atoms with Crippen LogP contribution in [0.15, 0.2) is 24.3 Å². The third kappa shape index (κ3) is 3.75. The summed E-state index contributed by atoms with van der Waals surface area (Å²) >= 11 is 0. The molecule has 1 aliphatic rings. The summed E-state index contributed by atoms with van der Waals surface area (Å²) in [7, 11) is 1.69. The molecule has 0 atom stereocenters. The minimum Gasteiger partial charge on any atom is -0.497 e. The Balaban J connectivity index is 0.00000128. The van der Waals surface area contributed by atoms with Gasteiger partial charge in [0, 0.05) is 5.54 Å². The lowest BCUT2D eigenvalue weighted by atomic mass is 9.82. The van der Waals surface area contributed by atoms with Crippen molar-refractivity contribution in [3.05, 3.63) is 29.8 Å². The van der Waals surface area contributed by atoms with E-state index in [9.17, 15) is 0 Å². The van der Waals surface area contributed by atoms with Gasteiger partial charge in [-0.1, -0.05) is 12.1 Å². The van der Waals surface area contributed by atoms with Gasteiger partial charge in [-0.25, -0.2) is 0 Å². The van der Waals surface area contributed by atoms with E-state index in [1.54, 1.807) is 7.11 Å². The van der Waals surface area contributed by atoms with Gasteiger partial charge in [0.1, 0.15) is 5.75 Å². The van der Waals surface area contributed by atoms with Crippen molar-refractivity contribution in [2.45, 2.75) is 18.4 Å². The number of halogens is 2. The quantitative estimate of drug-likeness (QED) is 0.871. The van der Waals surface area contributed by atoms with Crippen LogP contribution >= 0.6 is 24.8 Å². The van der Waals surface area contributed by atoms with Gasteiger partial charge in [-0.2, -0.15) is 0 Å². The Morgan fingerprint density at radius 1 is 1.24 bits per heavy atom. The van der Waals surface area contributed by atoms with E-state index in [4.69, 9.17) is 10.5 Å². The lowest BCUT2D eigenvalue weighted by molar-refractivity contribution is 0.315. The maximum absolute atomic E-state index is 6.41. The van der Waals surface area contributed by atoms with E-state index >= 15 is 0 Å². The Labute approximate surface area is 115 Å². The molecule has 0 unspecified atom stereocenters. The van der Waals surface area contributed by atoms with E-state index in [2.05, 4.69) is 11.4 Å². The fourth-order valence-electron chi connectivity index (χ4n) is 2.09. The van der Waals surface area contributed by atoms with Crippen molar-refractivity contribution in [2.24, 2.45) is 5.73 Å². The summed E-state index contributed by atoms with van der Waals surface area (Å²) in [6.45, 7) is 1.99. The first-order chi connectivity index (χ1) is 7.24. The first kappa shape index (κ1) is 16.5. The molecule has 2 rings (SSSR count). The van der Waals surface area contributed by atoms with Gasteiger partial charge in [-0.05, 0) is 43.6 Å². The Hall–Kier alpha value is -0.480. The minimum atomic E-state index is -0.181. The first-order valence-electron chi connectivity index (χ1n) is 5.39. The molecule has 3 nitrogen and oxygen atoms in total. The monoisotopic (exact) mass is 278 g/mol. The second-order valence-corrected chi connectivity index (χ2v) is 4.14. The number of piperidine rings is 1. The van der Waals surface area contributed by atoms with Gasteiger partial charge in [0.05, 0.1) is 7.11 Å². The molecule has 1 saturated heterocycles. The number of benzene rings is 1. The summed E-state index contributed by atoms with van der Waals surface area (Å²) < 4.78 is 5.22. The molecule has 3 N–H and O–H groups in total. The smallest absolute Gasteiger partial charge is 0.119 e. The molecule has 1 aliphatic heterocycles. The van der Waals surface area contributed by atoms with Crippen molar-refractivity contribution in [3.8, 4) is 5.75 Å². The van der Waals surface area contributed by atoms with Gasteiger partial charge in [-0.15, -0.1) is 24.8 Å². The number of hydrogen-bond acceptors (Lipinski definition) is 3. The molecule has 0 saturated carbocycles. The van der Waals surface area contributed by atoms with Crippen LogP contribution in [0, 0.1) is 0 Å². The fourth-order valence-corrected chi connectivity index (χ4v) is 2.09. The second-order valence-electron chi connectivity index (χ2n) is 4.14. The number of nitrogens with two attached hydrogens (primary N) is 1. The standard InChI is InChI=1S/C12H18N2O.2ClH/c1-15-11-4-2-3-10(9-11)12(13)5-7-14-8-6-12;;/h2-4,9,14H,5-8,13H2,1H3;2*1H. The molecule has 0 aromatic heterocycles. The largest absolute Gasteiger partial charge is 0.497 e. The lowest BCUT2D eigenvalue weighted by Gasteiger charge is -2.34. The molecule has 17 heavy (non-hydrogen) atoms. The highest BCUT2D eigenvalue weighted by Gasteiger charge is 2.29. The maximum atomic E-state index is 6.41. The summed E-state index contributed by atoms with van der Waals surface area (Å²) in [6, 6.07) is 8.10. The van der Waals surface area contributed by atoms with Crippen LogP contribution in [-0.4, -0.2) is 20.2 Å². The predicted molar refractivity (Wildman–Crippen MR) is 75.5 cm³/mol. The first-order valence-corrected chi connectivity index (χ1v) is 5.39. The molecular formula is C12H20Cl2N2O. The fraction of sp³-hybridized carbons (Fsp3) is 0.500. The van der Waals surface area contributed by atoms with Gasteiger partial charge in [0.15, 0.2) is 0 Å². The number of methoxy groups -OCH3 is 1. The van der Waals surface area contributed by atoms with E-state index in [1.807, 2.05) is 18.2 Å².